The summed E-state index contributed by atoms with van der Waals surface area (Å²) in [6.07, 6.45) is 10.2. The lowest BCUT2D eigenvalue weighted by Crippen LogP contribution is -2.30. The number of benzene rings is 3. The quantitative estimate of drug-likeness (QED) is 0.222. The fourth-order valence-electron chi connectivity index (χ4n) is 5.39. The average molecular weight is 583 g/mol. The molecule has 0 fully saturated rings. The molecule has 1 aromatic heterocycles. The summed E-state index contributed by atoms with van der Waals surface area (Å²) in [7, 11) is 0. The van der Waals surface area contributed by atoms with Gasteiger partial charge in [0.15, 0.2) is 0 Å². The van der Waals surface area contributed by atoms with E-state index in [9.17, 15) is 0 Å². The average Bonchev–Trinajstić information content (AvgIpc) is 3.46. The second-order valence-electron chi connectivity index (χ2n) is 10.1. The summed E-state index contributed by atoms with van der Waals surface area (Å²) >= 11 is 0. The van der Waals surface area contributed by atoms with E-state index in [4.69, 9.17) is 9.15 Å². The summed E-state index contributed by atoms with van der Waals surface area (Å²) in [6, 6.07) is 22.6. The van der Waals surface area contributed by atoms with Crippen molar-refractivity contribution in [3.63, 3.8) is 0 Å². The molecule has 2 heterocycles. The number of nitrogens with one attached hydrogen (secondary N) is 2. The van der Waals surface area contributed by atoms with Gasteiger partial charge in [0.05, 0.1) is 0 Å². The summed E-state index contributed by atoms with van der Waals surface area (Å²) in [5.41, 5.74) is 8.98. The van der Waals surface area contributed by atoms with E-state index in [1.54, 1.807) is 6.26 Å². The molecule has 0 radical (unpaired) electrons. The van der Waals surface area contributed by atoms with E-state index in [0.717, 1.165) is 69.5 Å². The molecule has 0 saturated heterocycles. The zero-order valence-electron chi connectivity index (χ0n) is 25.9. The van der Waals surface area contributed by atoms with E-state index in [1.165, 1.54) is 11.1 Å². The monoisotopic (exact) mass is 582 g/mol. The Morgan fingerprint density at radius 3 is 2.41 bits per heavy atom. The zero-order chi connectivity index (χ0) is 31.6. The normalized spacial score (nSPS) is 15.3. The first-order valence-corrected chi connectivity index (χ1v) is 15.0. The van der Waals surface area contributed by atoms with Crippen LogP contribution in [0.1, 0.15) is 54.7 Å². The topological polar surface area (TPSA) is 46.4 Å². The Bertz CT molecular complexity index is 1750. The third-order valence-corrected chi connectivity index (χ3v) is 7.56. The van der Waals surface area contributed by atoms with E-state index < -0.39 is 0 Å². The van der Waals surface area contributed by atoms with Crippen molar-refractivity contribution in [1.82, 2.24) is 5.32 Å². The standard InChI is InChI=1S/C36H32N2O2.C2H6.C2H4/c1-5-11-27(6-2)37-36-22-39-33-14-9-7-12-28(33)23(3)24(4)30-20-25(16-18-32(30)38-36)26-17-19-35-31(21-26)29-13-8-10-15-34(29)40-35;2*1-2/h5-10,12-16,18,20-22,27,37-38H,1-4,11,17,19H2;1-2H3;1-2H2/b36-22-;;. The Hall–Kier alpha value is -5.22. The van der Waals surface area contributed by atoms with Crippen molar-refractivity contribution in [3.8, 4) is 5.75 Å². The molecule has 1 atom stereocenters. The van der Waals surface area contributed by atoms with Gasteiger partial charge in [-0.25, -0.2) is 0 Å². The van der Waals surface area contributed by atoms with E-state index >= 15 is 0 Å². The Labute approximate surface area is 262 Å². The largest absolute Gasteiger partial charge is 0.461 e. The van der Waals surface area contributed by atoms with Gasteiger partial charge >= 0.3 is 0 Å². The fourth-order valence-corrected chi connectivity index (χ4v) is 5.39. The Balaban J connectivity index is 0.00000106. The van der Waals surface area contributed by atoms with Gasteiger partial charge in [0, 0.05) is 40.2 Å². The molecule has 2 aliphatic rings. The van der Waals surface area contributed by atoms with Crippen LogP contribution in [-0.4, -0.2) is 6.04 Å². The molecule has 1 unspecified atom stereocenters. The van der Waals surface area contributed by atoms with Crippen molar-refractivity contribution >= 4 is 39.5 Å². The number of hydrogen-bond acceptors (Lipinski definition) is 4. The molecular weight excluding hydrogens is 540 g/mol. The molecule has 4 aromatic rings. The highest BCUT2D eigenvalue weighted by molar-refractivity contribution is 6.07. The second-order valence-corrected chi connectivity index (χ2v) is 10.1. The first-order chi connectivity index (χ1) is 21.6. The highest BCUT2D eigenvalue weighted by Gasteiger charge is 2.22. The maximum atomic E-state index is 6.15. The lowest BCUT2D eigenvalue weighted by Gasteiger charge is -2.24. The maximum Gasteiger partial charge on any atom is 0.140 e. The smallest absolute Gasteiger partial charge is 0.140 e. The number of furan rings is 1. The molecule has 1 aliphatic carbocycles. The van der Waals surface area contributed by atoms with Crippen LogP contribution in [0.5, 0.6) is 5.75 Å². The van der Waals surface area contributed by atoms with Gasteiger partial charge in [0.1, 0.15) is 29.2 Å². The van der Waals surface area contributed by atoms with Gasteiger partial charge in [0.25, 0.3) is 0 Å². The van der Waals surface area contributed by atoms with Crippen LogP contribution in [0.2, 0.25) is 0 Å². The number of para-hydroxylation sites is 2. The highest BCUT2D eigenvalue weighted by Crippen LogP contribution is 2.41. The minimum Gasteiger partial charge on any atom is -0.461 e. The van der Waals surface area contributed by atoms with E-state index in [1.807, 2.05) is 62.4 Å². The van der Waals surface area contributed by atoms with Gasteiger partial charge in [-0.3, -0.25) is 0 Å². The minimum absolute atomic E-state index is 0.00898. The summed E-state index contributed by atoms with van der Waals surface area (Å²) in [5.74, 6) is 2.47. The molecule has 2 N–H and O–H groups in total. The maximum absolute atomic E-state index is 6.15. The predicted molar refractivity (Wildman–Crippen MR) is 190 cm³/mol. The first kappa shape index (κ1) is 31.7. The first-order valence-electron chi connectivity index (χ1n) is 15.0. The highest BCUT2D eigenvalue weighted by atomic mass is 16.5. The number of anilines is 1. The van der Waals surface area contributed by atoms with Crippen molar-refractivity contribution < 1.29 is 9.15 Å². The molecule has 4 nitrogen and oxygen atoms in total. The van der Waals surface area contributed by atoms with Crippen LogP contribution in [0.4, 0.5) is 5.69 Å². The van der Waals surface area contributed by atoms with Crippen LogP contribution >= 0.6 is 0 Å². The van der Waals surface area contributed by atoms with Crippen LogP contribution in [0.15, 0.2) is 135 Å². The van der Waals surface area contributed by atoms with E-state index in [-0.39, 0.29) is 6.04 Å². The molecular formula is C40H42N2O2. The summed E-state index contributed by atoms with van der Waals surface area (Å²) in [6.45, 7) is 26.8. The summed E-state index contributed by atoms with van der Waals surface area (Å²) in [4.78, 5) is 0. The SMILES string of the molecule is C=C.C=CCC(C=C)N/C1=C/Oc2ccccc2C(=C)C(=C)c2cc(C3=Cc4c(oc5ccccc45)CC3)ccc2N1.CC. The summed E-state index contributed by atoms with van der Waals surface area (Å²) < 4.78 is 12.3. The molecule has 0 spiro atoms. The Morgan fingerprint density at radius 1 is 0.909 bits per heavy atom. The predicted octanol–water partition coefficient (Wildman–Crippen LogP) is 10.8. The number of rotatable bonds is 6. The van der Waals surface area contributed by atoms with Gasteiger partial charge in [-0.1, -0.05) is 81.6 Å². The van der Waals surface area contributed by atoms with Gasteiger partial charge in [-0.2, -0.15) is 0 Å². The van der Waals surface area contributed by atoms with Crippen molar-refractivity contribution in [3.05, 3.63) is 158 Å². The van der Waals surface area contributed by atoms with Crippen molar-refractivity contribution in [1.29, 1.82) is 0 Å². The number of allylic oxidation sites excluding steroid dienone is 3. The molecule has 3 aromatic carbocycles. The molecule has 4 heteroatoms. The van der Waals surface area contributed by atoms with Crippen LogP contribution in [0.25, 0.3) is 33.8 Å². The van der Waals surface area contributed by atoms with Gasteiger partial charge in [-0.15, -0.1) is 26.3 Å². The lowest BCUT2D eigenvalue weighted by molar-refractivity contribution is 0.466. The number of hydrogen-bond donors (Lipinski definition) is 2. The number of aryl methyl sites for hydroxylation is 1. The summed E-state index contributed by atoms with van der Waals surface area (Å²) in [5, 5.41) is 8.18. The third kappa shape index (κ3) is 6.55. The Kier molecular flexibility index (Phi) is 10.7. The molecule has 0 bridgehead atoms. The number of ether oxygens (including phenoxy) is 1. The second kappa shape index (κ2) is 14.8. The lowest BCUT2D eigenvalue weighted by atomic mass is 9.87. The van der Waals surface area contributed by atoms with Crippen LogP contribution in [0, 0.1) is 0 Å². The zero-order valence-corrected chi connectivity index (χ0v) is 25.9. The molecule has 0 amide bonds. The van der Waals surface area contributed by atoms with E-state index in [2.05, 4.69) is 86.5 Å². The molecule has 1 aliphatic heterocycles. The molecule has 0 saturated carbocycles. The molecule has 6 rings (SSSR count). The van der Waals surface area contributed by atoms with Gasteiger partial charge in [-0.05, 0) is 65.5 Å². The third-order valence-electron chi connectivity index (χ3n) is 7.56. The number of fused-ring (bicyclic) bond motifs is 5. The fraction of sp³-hybridized carbons (Fsp3) is 0.150. The van der Waals surface area contributed by atoms with Crippen molar-refractivity contribution in [2.45, 2.75) is 39.2 Å². The van der Waals surface area contributed by atoms with Crippen LogP contribution in [-0.2, 0) is 6.42 Å². The van der Waals surface area contributed by atoms with E-state index in [0.29, 0.717) is 11.6 Å². The van der Waals surface area contributed by atoms with Crippen molar-refractivity contribution in [2.75, 3.05) is 5.32 Å². The van der Waals surface area contributed by atoms with Crippen LogP contribution in [0.3, 0.4) is 0 Å². The molecule has 44 heavy (non-hydrogen) atoms. The van der Waals surface area contributed by atoms with Crippen molar-refractivity contribution in [2.24, 2.45) is 0 Å². The van der Waals surface area contributed by atoms with Crippen LogP contribution < -0.4 is 15.4 Å². The van der Waals surface area contributed by atoms with Gasteiger partial charge < -0.3 is 19.8 Å². The van der Waals surface area contributed by atoms with Gasteiger partial charge in [0.2, 0.25) is 0 Å². The molecule has 224 valence electrons. The Morgan fingerprint density at radius 2 is 1.64 bits per heavy atom. The minimum atomic E-state index is -0.00898.